The quantitative estimate of drug-likeness (QED) is 0.453. The lowest BCUT2D eigenvalue weighted by atomic mass is 10.2. The van der Waals surface area contributed by atoms with Gasteiger partial charge in [0.25, 0.3) is 0 Å². The lowest BCUT2D eigenvalue weighted by Crippen LogP contribution is -2.23. The van der Waals surface area contributed by atoms with Crippen molar-refractivity contribution >= 4 is 56.7 Å². The number of aryl methyl sites for hydroxylation is 3. The van der Waals surface area contributed by atoms with Crippen LogP contribution in [0.3, 0.4) is 0 Å². The fourth-order valence-corrected chi connectivity index (χ4v) is 5.35. The highest BCUT2D eigenvalue weighted by Crippen LogP contribution is 2.37. The minimum Gasteiger partial charge on any atom is -0.324 e. The number of rotatable bonds is 5. The third-order valence-corrected chi connectivity index (χ3v) is 7.11. The molecule has 2 heterocycles. The van der Waals surface area contributed by atoms with Crippen molar-refractivity contribution in [3.8, 4) is 0 Å². The maximum Gasteiger partial charge on any atom is 0.237 e. The summed E-state index contributed by atoms with van der Waals surface area (Å²) in [7, 11) is 0. The van der Waals surface area contributed by atoms with E-state index in [2.05, 4.69) is 29.1 Å². The van der Waals surface area contributed by atoms with Crippen LogP contribution in [0.25, 0.3) is 10.2 Å². The van der Waals surface area contributed by atoms with E-state index in [1.54, 1.807) is 23.1 Å². The molecular weight excluding hydrogens is 382 g/mol. The van der Waals surface area contributed by atoms with Crippen molar-refractivity contribution in [2.45, 2.75) is 42.9 Å². The molecule has 7 heteroatoms. The number of amides is 1. The van der Waals surface area contributed by atoms with Gasteiger partial charge in [-0.05, 0) is 51.6 Å². The molecule has 4 nitrogen and oxygen atoms in total. The Labute approximate surface area is 166 Å². The molecule has 0 bridgehead atoms. The molecule has 2 aromatic heterocycles. The Kier molecular flexibility index (Phi) is 5.89. The monoisotopic (exact) mass is 403 g/mol. The van der Waals surface area contributed by atoms with Gasteiger partial charge in [-0.15, -0.1) is 23.1 Å². The maximum absolute atomic E-state index is 12.7. The number of nitrogens with one attached hydrogen (secondary N) is 1. The summed E-state index contributed by atoms with van der Waals surface area (Å²) in [5.74, 6) is 0.715. The van der Waals surface area contributed by atoms with Gasteiger partial charge in [0, 0.05) is 15.2 Å². The zero-order chi connectivity index (χ0) is 18.8. The molecule has 3 rings (SSSR count). The summed E-state index contributed by atoms with van der Waals surface area (Å²) in [5.41, 5.74) is 2.05. The van der Waals surface area contributed by atoms with Gasteiger partial charge in [0.05, 0.1) is 10.9 Å². The molecule has 0 fully saturated rings. The normalized spacial score (nSPS) is 12.3. The molecule has 0 aliphatic heterocycles. The van der Waals surface area contributed by atoms with Crippen LogP contribution in [-0.4, -0.2) is 27.4 Å². The van der Waals surface area contributed by atoms with Crippen LogP contribution >= 0.6 is 34.9 Å². The number of benzene rings is 1. The van der Waals surface area contributed by atoms with Gasteiger partial charge in [0.2, 0.25) is 5.91 Å². The molecule has 1 aromatic carbocycles. The Balaban J connectivity index is 1.84. The van der Waals surface area contributed by atoms with E-state index < -0.39 is 0 Å². The minimum absolute atomic E-state index is 0.0227. The molecule has 0 aliphatic rings. The number of hydrogen-bond donors (Lipinski definition) is 1. The van der Waals surface area contributed by atoms with Crippen molar-refractivity contribution in [3.05, 3.63) is 40.5 Å². The number of fused-ring (bicyclic) bond motifs is 1. The highest BCUT2D eigenvalue weighted by molar-refractivity contribution is 8.00. The predicted molar refractivity (Wildman–Crippen MR) is 114 cm³/mol. The number of nitrogens with zero attached hydrogens (tertiary/aromatic N) is 2. The molecule has 26 heavy (non-hydrogen) atoms. The van der Waals surface area contributed by atoms with Crippen molar-refractivity contribution < 1.29 is 4.79 Å². The van der Waals surface area contributed by atoms with Gasteiger partial charge in [-0.2, -0.15) is 0 Å². The SMILES string of the molecule is CSc1ccccc1NC(=O)[C@@H](C)Sc1nc(C)nc2sc(C)c(C)c12. The first kappa shape index (κ1) is 19.2. The van der Waals surface area contributed by atoms with Gasteiger partial charge in [-0.25, -0.2) is 9.97 Å². The molecule has 1 N–H and O–H groups in total. The van der Waals surface area contributed by atoms with Gasteiger partial charge in [-0.1, -0.05) is 23.9 Å². The van der Waals surface area contributed by atoms with E-state index in [4.69, 9.17) is 0 Å². The Hall–Kier alpha value is -1.57. The van der Waals surface area contributed by atoms with Crippen LogP contribution in [0.1, 0.15) is 23.2 Å². The largest absolute Gasteiger partial charge is 0.324 e. The summed E-state index contributed by atoms with van der Waals surface area (Å²) in [6.07, 6.45) is 2.01. The van der Waals surface area contributed by atoms with Gasteiger partial charge in [0.1, 0.15) is 15.7 Å². The Morgan fingerprint density at radius 1 is 1.19 bits per heavy atom. The fourth-order valence-electron chi connectivity index (χ4n) is 2.60. The van der Waals surface area contributed by atoms with Gasteiger partial charge in [0.15, 0.2) is 0 Å². The van der Waals surface area contributed by atoms with Crippen LogP contribution in [0.4, 0.5) is 5.69 Å². The summed E-state index contributed by atoms with van der Waals surface area (Å²) in [6.45, 7) is 8.00. The van der Waals surface area contributed by atoms with Crippen molar-refractivity contribution in [3.63, 3.8) is 0 Å². The van der Waals surface area contributed by atoms with Crippen LogP contribution in [0.5, 0.6) is 0 Å². The first-order chi connectivity index (χ1) is 12.4. The number of aromatic nitrogens is 2. The second-order valence-electron chi connectivity index (χ2n) is 5.99. The van der Waals surface area contributed by atoms with E-state index in [0.717, 1.165) is 31.6 Å². The molecule has 0 saturated heterocycles. The standard InChI is InChI=1S/C19H21N3OS3/c1-10-11(2)25-18-16(10)19(21-13(4)20-18)26-12(3)17(23)22-14-8-6-7-9-15(14)24-5/h6-9,12H,1-5H3,(H,22,23)/t12-/m1/s1. The predicted octanol–water partition coefficient (Wildman–Crippen LogP) is 5.46. The number of carbonyl (C=O) groups excluding carboxylic acids is 1. The highest BCUT2D eigenvalue weighted by atomic mass is 32.2. The van der Waals surface area contributed by atoms with Crippen molar-refractivity contribution in [2.24, 2.45) is 0 Å². The maximum atomic E-state index is 12.7. The molecule has 0 aliphatic carbocycles. The third-order valence-electron chi connectivity index (χ3n) is 4.13. The number of hydrogen-bond acceptors (Lipinski definition) is 6. The smallest absolute Gasteiger partial charge is 0.237 e. The molecule has 1 atom stereocenters. The summed E-state index contributed by atoms with van der Waals surface area (Å²) in [5, 5.41) is 4.74. The molecule has 0 saturated carbocycles. The third kappa shape index (κ3) is 3.89. The average Bonchev–Trinajstić information content (AvgIpc) is 2.89. The lowest BCUT2D eigenvalue weighted by Gasteiger charge is -2.14. The Bertz CT molecular complexity index is 968. The molecule has 136 valence electrons. The Morgan fingerprint density at radius 3 is 2.65 bits per heavy atom. The molecule has 0 radical (unpaired) electrons. The molecule has 0 spiro atoms. The average molecular weight is 404 g/mol. The second-order valence-corrected chi connectivity index (χ2v) is 9.37. The van der Waals surface area contributed by atoms with Gasteiger partial charge in [-0.3, -0.25) is 4.79 Å². The van der Waals surface area contributed by atoms with Crippen LogP contribution in [0.2, 0.25) is 0 Å². The molecule has 3 aromatic rings. The van der Waals surface area contributed by atoms with Crippen molar-refractivity contribution in [1.82, 2.24) is 9.97 Å². The van der Waals surface area contributed by atoms with Crippen molar-refractivity contribution in [2.75, 3.05) is 11.6 Å². The number of para-hydroxylation sites is 1. The zero-order valence-electron chi connectivity index (χ0n) is 15.4. The number of carbonyl (C=O) groups is 1. The van der Waals surface area contributed by atoms with E-state index in [9.17, 15) is 4.79 Å². The van der Waals surface area contributed by atoms with E-state index in [1.807, 2.05) is 44.4 Å². The summed E-state index contributed by atoms with van der Waals surface area (Å²) >= 11 is 4.80. The first-order valence-electron chi connectivity index (χ1n) is 8.25. The Morgan fingerprint density at radius 2 is 1.92 bits per heavy atom. The first-order valence-corrected chi connectivity index (χ1v) is 11.2. The fraction of sp³-hybridized carbons (Fsp3) is 0.316. The van der Waals surface area contributed by atoms with E-state index in [-0.39, 0.29) is 11.2 Å². The van der Waals surface area contributed by atoms with Crippen LogP contribution in [0.15, 0.2) is 34.2 Å². The topological polar surface area (TPSA) is 54.9 Å². The molecule has 1 amide bonds. The second kappa shape index (κ2) is 7.98. The van der Waals surface area contributed by atoms with E-state index in [0.29, 0.717) is 0 Å². The summed E-state index contributed by atoms with van der Waals surface area (Å²) in [6, 6.07) is 7.84. The van der Waals surface area contributed by atoms with Crippen LogP contribution in [-0.2, 0) is 4.79 Å². The lowest BCUT2D eigenvalue weighted by molar-refractivity contribution is -0.115. The van der Waals surface area contributed by atoms with Gasteiger partial charge >= 0.3 is 0 Å². The van der Waals surface area contributed by atoms with Gasteiger partial charge < -0.3 is 5.32 Å². The number of anilines is 1. The van der Waals surface area contributed by atoms with E-state index >= 15 is 0 Å². The zero-order valence-corrected chi connectivity index (χ0v) is 17.9. The summed E-state index contributed by atoms with van der Waals surface area (Å²) in [4.78, 5) is 25.2. The summed E-state index contributed by atoms with van der Waals surface area (Å²) < 4.78 is 0. The highest BCUT2D eigenvalue weighted by Gasteiger charge is 2.20. The molecular formula is C19H21N3OS3. The van der Waals surface area contributed by atoms with Crippen LogP contribution in [0, 0.1) is 20.8 Å². The number of thiophene rings is 1. The van der Waals surface area contributed by atoms with Crippen LogP contribution < -0.4 is 5.32 Å². The molecule has 0 unspecified atom stereocenters. The minimum atomic E-state index is -0.262. The van der Waals surface area contributed by atoms with Crippen molar-refractivity contribution in [1.29, 1.82) is 0 Å². The van der Waals surface area contributed by atoms with E-state index in [1.165, 1.54) is 22.2 Å². The number of thioether (sulfide) groups is 2.